The van der Waals surface area contributed by atoms with Crippen LogP contribution in [0.1, 0.15) is 90.1 Å². The molecule has 2 saturated heterocycles. The van der Waals surface area contributed by atoms with Crippen molar-refractivity contribution >= 4 is 56.4 Å². The van der Waals surface area contributed by atoms with Gasteiger partial charge in [-0.3, -0.25) is 28.7 Å². The van der Waals surface area contributed by atoms with Gasteiger partial charge in [0.25, 0.3) is 19.4 Å². The van der Waals surface area contributed by atoms with Gasteiger partial charge in [-0.2, -0.15) is 5.26 Å². The summed E-state index contributed by atoms with van der Waals surface area (Å²) >= 11 is 6.51. The van der Waals surface area contributed by atoms with Crippen LogP contribution in [0.15, 0.2) is 123 Å². The van der Waals surface area contributed by atoms with Gasteiger partial charge in [-0.05, 0) is 76.7 Å². The molecule has 17 nitrogen and oxygen atoms in total. The zero-order valence-corrected chi connectivity index (χ0v) is 48.0. The average Bonchev–Trinajstić information content (AvgIpc) is 4.07. The second-order valence-electron chi connectivity index (χ2n) is 22.1. The molecule has 0 radical (unpaired) electrons. The molecule has 0 aliphatic carbocycles. The van der Waals surface area contributed by atoms with Crippen LogP contribution in [-0.4, -0.2) is 84.5 Å². The molecule has 3 aromatic carbocycles. The molecule has 3 N–H and O–H groups in total. The normalized spacial score (nSPS) is 21.8. The molecule has 3 aromatic heterocycles. The van der Waals surface area contributed by atoms with Crippen LogP contribution in [0, 0.1) is 25.2 Å². The Morgan fingerprint density at radius 1 is 0.747 bits per heavy atom. The average molecular weight is 1100 g/mol. The Bertz CT molecular complexity index is 3230. The molecule has 2 aliphatic rings. The molecule has 8 atom stereocenters. The van der Waals surface area contributed by atoms with E-state index in [9.17, 15) is 24.4 Å². The van der Waals surface area contributed by atoms with Gasteiger partial charge in [0, 0.05) is 54.0 Å². The SMILES string of the molecule is Cc1cn([C@H]2C[C@H](O[Si](c3ccccc3)(c3ccccc3)C(C)(C)C)[C@@H](COP(=S)(O[C@H](CC#N)Cc3cc4ccccc4[nH]3)O[C@H]3C[C@H](n4cc(C)c(=O)[nH]c4=O)O[C@@H]3CO[Si](C)(C)C(C)(C)C)O2)c(=O)[nH]c1=O. The van der Waals surface area contributed by atoms with E-state index in [0.717, 1.165) is 27.0 Å². The van der Waals surface area contributed by atoms with Gasteiger partial charge in [0.1, 0.15) is 24.7 Å². The monoisotopic (exact) mass is 1100 g/mol. The molecule has 400 valence electrons. The zero-order valence-electron chi connectivity index (χ0n) is 44.3. The summed E-state index contributed by atoms with van der Waals surface area (Å²) in [5.74, 6) is 0. The summed E-state index contributed by atoms with van der Waals surface area (Å²) in [4.78, 5) is 60.4. The molecule has 75 heavy (non-hydrogen) atoms. The minimum atomic E-state index is -4.04. The number of aromatic amines is 3. The largest absolute Gasteiger partial charge is 0.414 e. The smallest absolute Gasteiger partial charge is 0.330 e. The number of nitriles is 1. The lowest BCUT2D eigenvalue weighted by Gasteiger charge is -2.45. The second-order valence-corrected chi connectivity index (χ2v) is 34.1. The van der Waals surface area contributed by atoms with E-state index in [4.69, 9.17) is 43.7 Å². The maximum atomic E-state index is 13.6. The Labute approximate surface area is 444 Å². The van der Waals surface area contributed by atoms with E-state index in [0.29, 0.717) is 11.1 Å². The molecule has 2 aliphatic heterocycles. The van der Waals surface area contributed by atoms with Gasteiger partial charge in [0.05, 0.1) is 44.0 Å². The third-order valence-corrected chi connectivity index (χ3v) is 26.7. The van der Waals surface area contributed by atoms with E-state index >= 15 is 0 Å². The fraction of sp³-hybridized carbons (Fsp3) is 0.463. The number of hydrogen-bond donors (Lipinski definition) is 3. The van der Waals surface area contributed by atoms with E-state index < -0.39 is 93.9 Å². The number of ether oxygens (including phenoxy) is 2. The highest BCUT2D eigenvalue weighted by atomic mass is 32.5. The van der Waals surface area contributed by atoms with E-state index in [-0.39, 0.29) is 43.9 Å². The summed E-state index contributed by atoms with van der Waals surface area (Å²) in [6.45, 7) is 16.2. The molecular formula is C54H69N6O11PSSi2. The number of nitrogens with zero attached hydrogens (tertiary/aromatic N) is 3. The highest BCUT2D eigenvalue weighted by Crippen LogP contribution is 2.56. The number of para-hydroxylation sites is 1. The van der Waals surface area contributed by atoms with Crippen LogP contribution >= 0.6 is 6.72 Å². The number of nitrogens with one attached hydrogen (secondary N) is 3. The van der Waals surface area contributed by atoms with Gasteiger partial charge in [-0.1, -0.05) is 120 Å². The predicted octanol–water partition coefficient (Wildman–Crippen LogP) is 7.89. The summed E-state index contributed by atoms with van der Waals surface area (Å²) in [5, 5.41) is 12.7. The third-order valence-electron chi connectivity index (χ3n) is 14.7. The molecule has 8 rings (SSSR count). The van der Waals surface area contributed by atoms with Crippen molar-refractivity contribution in [3.63, 3.8) is 0 Å². The van der Waals surface area contributed by atoms with E-state index in [2.05, 4.69) is 99.9 Å². The number of benzene rings is 3. The summed E-state index contributed by atoms with van der Waals surface area (Å²) in [6, 6.07) is 32.4. The minimum absolute atomic E-state index is 0.0791. The van der Waals surface area contributed by atoms with Gasteiger partial charge < -0.3 is 36.9 Å². The van der Waals surface area contributed by atoms with Crippen molar-refractivity contribution < 1.29 is 31.9 Å². The summed E-state index contributed by atoms with van der Waals surface area (Å²) < 4.78 is 51.5. The zero-order chi connectivity index (χ0) is 54.1. The highest BCUT2D eigenvalue weighted by molar-refractivity contribution is 8.07. The third kappa shape index (κ3) is 12.4. The Morgan fingerprint density at radius 3 is 1.79 bits per heavy atom. The number of H-pyrrole nitrogens is 3. The Hall–Kier alpha value is -5.15. The number of hydrogen-bond acceptors (Lipinski definition) is 13. The van der Waals surface area contributed by atoms with Crippen molar-refractivity contribution in [2.45, 2.75) is 147 Å². The molecule has 6 aromatic rings. The van der Waals surface area contributed by atoms with Crippen molar-refractivity contribution in [3.05, 3.63) is 162 Å². The second kappa shape index (κ2) is 22.4. The molecule has 2 fully saturated rings. The van der Waals surface area contributed by atoms with Crippen LogP contribution in [0.25, 0.3) is 10.9 Å². The summed E-state index contributed by atoms with van der Waals surface area (Å²) in [6.07, 6.45) is -2.57. The lowest BCUT2D eigenvalue weighted by atomic mass is 10.1. The van der Waals surface area contributed by atoms with Crippen LogP contribution in [0.4, 0.5) is 0 Å². The first-order valence-electron chi connectivity index (χ1n) is 25.3. The maximum absolute atomic E-state index is 13.6. The van der Waals surface area contributed by atoms with Gasteiger partial charge in [-0.15, -0.1) is 0 Å². The first-order chi connectivity index (χ1) is 35.4. The van der Waals surface area contributed by atoms with Crippen molar-refractivity contribution in [1.82, 2.24) is 24.1 Å². The van der Waals surface area contributed by atoms with Crippen molar-refractivity contribution in [3.8, 4) is 6.07 Å². The van der Waals surface area contributed by atoms with E-state index in [1.807, 2.05) is 66.7 Å². The van der Waals surface area contributed by atoms with Crippen LogP contribution < -0.4 is 32.9 Å². The van der Waals surface area contributed by atoms with Crippen molar-refractivity contribution in [2.24, 2.45) is 0 Å². The van der Waals surface area contributed by atoms with Crippen LogP contribution in [0.5, 0.6) is 0 Å². The number of rotatable bonds is 19. The quantitative estimate of drug-likeness (QED) is 0.0521. The summed E-state index contributed by atoms with van der Waals surface area (Å²) in [5.41, 5.74) is 0.0381. The number of aromatic nitrogens is 5. The van der Waals surface area contributed by atoms with Crippen LogP contribution in [-0.2, 0) is 50.1 Å². The first-order valence-corrected chi connectivity index (χ1v) is 32.7. The van der Waals surface area contributed by atoms with Gasteiger partial charge >= 0.3 is 18.1 Å². The molecule has 0 saturated carbocycles. The fourth-order valence-electron chi connectivity index (χ4n) is 9.64. The van der Waals surface area contributed by atoms with Crippen molar-refractivity contribution in [1.29, 1.82) is 5.26 Å². The Kier molecular flexibility index (Phi) is 16.8. The van der Waals surface area contributed by atoms with Gasteiger partial charge in [0.15, 0.2) is 8.32 Å². The van der Waals surface area contributed by atoms with Crippen molar-refractivity contribution in [2.75, 3.05) is 13.2 Å². The Balaban J connectivity index is 1.20. The van der Waals surface area contributed by atoms with Crippen LogP contribution in [0.3, 0.4) is 0 Å². The number of aryl methyl sites for hydroxylation is 2. The lowest BCUT2D eigenvalue weighted by Crippen LogP contribution is -2.68. The minimum Gasteiger partial charge on any atom is -0.414 e. The molecular weight excluding hydrogens is 1030 g/mol. The molecule has 0 bridgehead atoms. The molecule has 5 heterocycles. The molecule has 0 amide bonds. The van der Waals surface area contributed by atoms with E-state index in [1.165, 1.54) is 21.5 Å². The maximum Gasteiger partial charge on any atom is 0.330 e. The molecule has 1 unspecified atom stereocenters. The molecule has 0 spiro atoms. The fourth-order valence-corrected chi connectivity index (χ4v) is 17.8. The summed E-state index contributed by atoms with van der Waals surface area (Å²) in [7, 11) is -5.69. The van der Waals surface area contributed by atoms with Crippen LogP contribution in [0.2, 0.25) is 23.2 Å². The topological polar surface area (TPSA) is 214 Å². The first kappa shape index (κ1) is 56.1. The lowest BCUT2D eigenvalue weighted by molar-refractivity contribution is -0.0541. The van der Waals surface area contributed by atoms with E-state index in [1.54, 1.807) is 13.8 Å². The van der Waals surface area contributed by atoms with Gasteiger partial charge in [-0.25, -0.2) is 9.59 Å². The molecule has 21 heteroatoms. The van der Waals surface area contributed by atoms with Gasteiger partial charge in [0.2, 0.25) is 0 Å². The highest BCUT2D eigenvalue weighted by Gasteiger charge is 2.54. The predicted molar refractivity (Wildman–Crippen MR) is 297 cm³/mol. The standard InChI is InChI=1S/C54H69N6O11PSSi2/c1-35-31-59(51(63)57-49(35)61)47-29-43(46(68-47)34-66-74(9,10)53(3,4)5)70-72(73,69-39(25-26-55)28-38-27-37-19-17-18-24-42(37)56-38)65-33-45-44(30-48(67-45)60-32-36(2)50(62)58-52(60)64)71-75(54(6,7)8,40-20-13-11-14-21-40)41-22-15-12-16-23-41/h11-24,27,31-32,39,43-48,56H,25,28-30,33-34H2,1-10H3,(H,57,61,63)(H,58,62,64)/t39-,43+,44+,45-,46-,47-,48-,72?/m1/s1. The number of fused-ring (bicyclic) bond motifs is 1. The Morgan fingerprint density at radius 2 is 1.27 bits per heavy atom.